The summed E-state index contributed by atoms with van der Waals surface area (Å²) in [5.74, 6) is -1.47. The Labute approximate surface area is 192 Å². The number of carboxylic acids is 1. The number of nitrogens with zero attached hydrogens (tertiary/aromatic N) is 3. The van der Waals surface area contributed by atoms with Gasteiger partial charge in [-0.1, -0.05) is 11.6 Å². The van der Waals surface area contributed by atoms with E-state index in [2.05, 4.69) is 20.5 Å². The van der Waals surface area contributed by atoms with E-state index in [9.17, 15) is 9.18 Å². The van der Waals surface area contributed by atoms with E-state index in [1.165, 1.54) is 36.5 Å². The van der Waals surface area contributed by atoms with Crippen LogP contribution in [0.15, 0.2) is 60.9 Å². The first-order chi connectivity index (χ1) is 13.5. The van der Waals surface area contributed by atoms with Crippen molar-refractivity contribution < 1.29 is 44.1 Å². The van der Waals surface area contributed by atoms with Crippen LogP contribution < -0.4 is 24.2 Å². The summed E-state index contributed by atoms with van der Waals surface area (Å²) in [5, 5.41) is 21.4. The molecular formula is C20H15ClFLiN4O4. The number of benzene rings is 2. The number of nitrogens with one attached hydrogen (secondary N) is 1. The van der Waals surface area contributed by atoms with Crippen molar-refractivity contribution >= 4 is 39.8 Å². The molecule has 4 aromatic rings. The van der Waals surface area contributed by atoms with E-state index < -0.39 is 11.8 Å². The van der Waals surface area contributed by atoms with Gasteiger partial charge < -0.3 is 21.4 Å². The van der Waals surface area contributed by atoms with Crippen molar-refractivity contribution in [3.8, 4) is 11.3 Å². The summed E-state index contributed by atoms with van der Waals surface area (Å²) >= 11 is 5.96. The molecule has 0 saturated carbocycles. The first kappa shape index (κ1) is 26.0. The fraction of sp³-hybridized carbons (Fsp3) is 0. The van der Waals surface area contributed by atoms with Crippen molar-refractivity contribution in [2.75, 3.05) is 5.32 Å². The Kier molecular flexibility index (Phi) is 9.06. The van der Waals surface area contributed by atoms with Gasteiger partial charge in [0.1, 0.15) is 5.82 Å². The molecule has 4 rings (SSSR count). The number of pyridine rings is 1. The third-order valence-electron chi connectivity index (χ3n) is 4.13. The van der Waals surface area contributed by atoms with E-state index in [-0.39, 0.29) is 40.9 Å². The van der Waals surface area contributed by atoms with Gasteiger partial charge in [-0.15, -0.1) is 0 Å². The zero-order valence-electron chi connectivity index (χ0n) is 16.2. The second-order valence-electron chi connectivity index (χ2n) is 5.97. The Morgan fingerprint density at radius 3 is 2.61 bits per heavy atom. The van der Waals surface area contributed by atoms with Gasteiger partial charge in [-0.25, -0.2) is 9.18 Å². The summed E-state index contributed by atoms with van der Waals surface area (Å²) in [6.45, 7) is 0. The number of aromatic nitrogens is 3. The van der Waals surface area contributed by atoms with Crippen molar-refractivity contribution in [1.82, 2.24) is 15.2 Å². The van der Waals surface area contributed by atoms with E-state index in [1.807, 2.05) is 0 Å². The molecule has 0 spiro atoms. The number of hydrogen-bond donors (Lipinski definition) is 2. The average Bonchev–Trinajstić information content (AvgIpc) is 2.70. The zero-order valence-corrected chi connectivity index (χ0v) is 16.9. The minimum Gasteiger partial charge on any atom is -0.870 e. The second-order valence-corrected chi connectivity index (χ2v) is 6.41. The smallest absolute Gasteiger partial charge is 0.870 e. The summed E-state index contributed by atoms with van der Waals surface area (Å²) in [4.78, 5) is 15.4. The molecule has 31 heavy (non-hydrogen) atoms. The fourth-order valence-corrected chi connectivity index (χ4v) is 2.98. The van der Waals surface area contributed by atoms with Gasteiger partial charge in [0.15, 0.2) is 0 Å². The van der Waals surface area contributed by atoms with Crippen molar-refractivity contribution in [3.05, 3.63) is 77.3 Å². The number of carbonyl (C=O) groups is 1. The molecule has 2 aromatic carbocycles. The predicted octanol–water partition coefficient (Wildman–Crippen LogP) is 0.929. The molecular weight excluding hydrogens is 422 g/mol. The molecule has 0 atom stereocenters. The minimum absolute atomic E-state index is 0. The summed E-state index contributed by atoms with van der Waals surface area (Å²) in [5.41, 5.74) is 2.55. The zero-order chi connectivity index (χ0) is 19.7. The van der Waals surface area contributed by atoms with Crippen LogP contribution in [0.5, 0.6) is 0 Å². The second kappa shape index (κ2) is 10.8. The van der Waals surface area contributed by atoms with Crippen molar-refractivity contribution in [2.24, 2.45) is 0 Å². The van der Waals surface area contributed by atoms with E-state index in [0.29, 0.717) is 27.6 Å². The van der Waals surface area contributed by atoms with Crippen LogP contribution in [0.4, 0.5) is 15.8 Å². The SMILES string of the molecule is O.O=C(O)c1ccc2c(Nc3cnnc(-c4cc(Cl)ccc4F)c3)ccnc2c1.[Li+].[OH-]. The van der Waals surface area contributed by atoms with Gasteiger partial charge >= 0.3 is 24.8 Å². The molecule has 0 unspecified atom stereocenters. The van der Waals surface area contributed by atoms with Crippen LogP contribution >= 0.6 is 11.6 Å². The first-order valence-corrected chi connectivity index (χ1v) is 8.56. The van der Waals surface area contributed by atoms with Gasteiger partial charge in [0, 0.05) is 27.9 Å². The number of aromatic carboxylic acids is 1. The van der Waals surface area contributed by atoms with Crippen molar-refractivity contribution in [1.29, 1.82) is 0 Å². The third kappa shape index (κ3) is 5.55. The molecule has 0 aliphatic heterocycles. The summed E-state index contributed by atoms with van der Waals surface area (Å²) < 4.78 is 14.1. The van der Waals surface area contributed by atoms with Gasteiger partial charge in [-0.2, -0.15) is 10.2 Å². The van der Waals surface area contributed by atoms with Gasteiger partial charge in [-0.05, 0) is 48.5 Å². The molecule has 0 amide bonds. The van der Waals surface area contributed by atoms with Crippen molar-refractivity contribution in [2.45, 2.75) is 0 Å². The molecule has 2 heterocycles. The molecule has 2 aromatic heterocycles. The summed E-state index contributed by atoms with van der Waals surface area (Å²) in [6, 6.07) is 12.3. The fourth-order valence-electron chi connectivity index (χ4n) is 2.81. The summed E-state index contributed by atoms with van der Waals surface area (Å²) in [6.07, 6.45) is 3.08. The van der Waals surface area contributed by atoms with Gasteiger partial charge in [0.05, 0.1) is 28.7 Å². The minimum atomic E-state index is -1.02. The molecule has 0 bridgehead atoms. The monoisotopic (exact) mass is 436 g/mol. The van der Waals surface area contributed by atoms with Gasteiger partial charge in [-0.3, -0.25) is 4.98 Å². The normalized spacial score (nSPS) is 9.74. The third-order valence-corrected chi connectivity index (χ3v) is 4.36. The Morgan fingerprint density at radius 2 is 1.87 bits per heavy atom. The number of anilines is 2. The Balaban J connectivity index is 0.00000160. The Morgan fingerprint density at radius 1 is 1.10 bits per heavy atom. The van der Waals surface area contributed by atoms with Crippen LogP contribution in [0.25, 0.3) is 22.2 Å². The number of rotatable bonds is 4. The maximum absolute atomic E-state index is 14.1. The van der Waals surface area contributed by atoms with Crippen LogP contribution in [0.2, 0.25) is 5.02 Å². The number of halogens is 2. The Bertz CT molecular complexity index is 1230. The van der Waals surface area contributed by atoms with E-state index in [0.717, 1.165) is 5.39 Å². The first-order valence-electron chi connectivity index (χ1n) is 8.18. The number of carboxylic acid groups (broad SMARTS) is 1. The average molecular weight is 437 g/mol. The molecule has 0 radical (unpaired) electrons. The molecule has 154 valence electrons. The van der Waals surface area contributed by atoms with Crippen molar-refractivity contribution in [3.63, 3.8) is 0 Å². The molecule has 0 saturated heterocycles. The molecule has 0 fully saturated rings. The quantitative estimate of drug-likeness (QED) is 0.452. The van der Waals surface area contributed by atoms with E-state index in [1.54, 1.807) is 24.4 Å². The van der Waals surface area contributed by atoms with Crippen LogP contribution in [0.3, 0.4) is 0 Å². The number of hydrogen-bond acceptors (Lipinski definition) is 6. The van der Waals surface area contributed by atoms with E-state index >= 15 is 0 Å². The molecule has 0 aliphatic carbocycles. The van der Waals surface area contributed by atoms with E-state index in [4.69, 9.17) is 16.7 Å². The van der Waals surface area contributed by atoms with Gasteiger partial charge in [0.25, 0.3) is 0 Å². The van der Waals surface area contributed by atoms with Crippen LogP contribution in [-0.4, -0.2) is 37.2 Å². The molecule has 8 nitrogen and oxygen atoms in total. The maximum atomic E-state index is 14.1. The molecule has 0 aliphatic rings. The largest absolute Gasteiger partial charge is 1.00 e. The molecule has 5 N–H and O–H groups in total. The topological polar surface area (TPSA) is 150 Å². The summed E-state index contributed by atoms with van der Waals surface area (Å²) in [7, 11) is 0. The van der Waals surface area contributed by atoms with Crippen LogP contribution in [0.1, 0.15) is 10.4 Å². The standard InChI is InChI=1S/C20H12ClFN4O2.Li.2H2O/c21-12-2-4-16(22)15(8-12)19-9-13(10-24-26-19)25-17-5-6-23-18-7-11(20(27)28)1-3-14(17)18;;;/h1-10H,(H,27,28)(H,23,25,26);;2*1H2/q;+1;;/p-1. The molecule has 11 heteroatoms. The predicted molar refractivity (Wildman–Crippen MR) is 110 cm³/mol. The van der Waals surface area contributed by atoms with Crippen LogP contribution in [-0.2, 0) is 0 Å². The maximum Gasteiger partial charge on any atom is 1.00 e. The number of fused-ring (bicyclic) bond motifs is 1. The van der Waals surface area contributed by atoms with Gasteiger partial charge in [0.2, 0.25) is 0 Å². The van der Waals surface area contributed by atoms with Crippen LogP contribution in [0, 0.1) is 5.82 Å². The Hall–Kier alpha value is -3.06.